The number of carbonyl (C=O) groups excluding carboxylic acids is 4. The molecule has 0 aliphatic rings. The monoisotopic (exact) mass is 347 g/mol. The van der Waals surface area contributed by atoms with Crippen LogP contribution >= 0.6 is 0 Å². The van der Waals surface area contributed by atoms with Gasteiger partial charge in [-0.2, -0.15) is 0 Å². The zero-order chi connectivity index (χ0) is 18.5. The molecule has 0 aliphatic carbocycles. The third kappa shape index (κ3) is 11.1. The molecule has 0 rings (SSSR count). The van der Waals surface area contributed by atoms with Gasteiger partial charge < -0.3 is 30.2 Å². The molecule has 0 radical (unpaired) electrons. The first-order valence-corrected chi connectivity index (χ1v) is 7.49. The lowest BCUT2D eigenvalue weighted by molar-refractivity contribution is -0.147. The summed E-state index contributed by atoms with van der Waals surface area (Å²) in [5.74, 6) is -1.07. The van der Waals surface area contributed by atoms with E-state index < -0.39 is 18.1 Å². The van der Waals surface area contributed by atoms with Crippen molar-refractivity contribution in [1.82, 2.24) is 10.2 Å². The summed E-state index contributed by atoms with van der Waals surface area (Å²) in [6, 6.07) is -0.476. The SMILES string of the molecule is CC(=O)OCCN(CCOC(N)=O)C(=O)NCCOC(=O)C(C)C. The molecule has 0 aromatic rings. The Morgan fingerprint density at radius 1 is 1.00 bits per heavy atom. The predicted octanol–water partition coefficient (Wildman–Crippen LogP) is -0.144. The zero-order valence-electron chi connectivity index (χ0n) is 14.2. The summed E-state index contributed by atoms with van der Waals surface area (Å²) in [5.41, 5.74) is 4.85. The second kappa shape index (κ2) is 12.0. The topological polar surface area (TPSA) is 137 Å². The molecule has 10 nitrogen and oxygen atoms in total. The molecule has 10 heteroatoms. The van der Waals surface area contributed by atoms with Crippen molar-refractivity contribution in [2.75, 3.05) is 39.5 Å². The lowest BCUT2D eigenvalue weighted by atomic mass is 10.2. The van der Waals surface area contributed by atoms with E-state index in [1.54, 1.807) is 13.8 Å². The lowest BCUT2D eigenvalue weighted by Gasteiger charge is -2.22. The van der Waals surface area contributed by atoms with Crippen LogP contribution in [0.5, 0.6) is 0 Å². The Morgan fingerprint density at radius 3 is 2.08 bits per heavy atom. The molecular formula is C14H25N3O7. The first-order chi connectivity index (χ1) is 11.2. The fourth-order valence-electron chi connectivity index (χ4n) is 1.46. The summed E-state index contributed by atoms with van der Waals surface area (Å²) in [6.07, 6.45) is -0.948. The van der Waals surface area contributed by atoms with Gasteiger partial charge in [-0.15, -0.1) is 0 Å². The Morgan fingerprint density at radius 2 is 1.58 bits per heavy atom. The molecule has 0 aromatic carbocycles. The maximum Gasteiger partial charge on any atom is 0.404 e. The number of nitrogens with one attached hydrogen (secondary N) is 1. The Bertz CT molecular complexity index is 420. The number of amides is 3. The number of primary amides is 1. The number of rotatable bonds is 10. The van der Waals surface area contributed by atoms with E-state index in [0.29, 0.717) is 0 Å². The Balaban J connectivity index is 4.25. The molecule has 0 unspecified atom stereocenters. The van der Waals surface area contributed by atoms with Crippen LogP contribution in [0.25, 0.3) is 0 Å². The van der Waals surface area contributed by atoms with Crippen molar-refractivity contribution < 1.29 is 33.4 Å². The molecule has 3 N–H and O–H groups in total. The van der Waals surface area contributed by atoms with E-state index in [-0.39, 0.29) is 51.3 Å². The second-order valence-electron chi connectivity index (χ2n) is 5.05. The van der Waals surface area contributed by atoms with Crippen LogP contribution in [0, 0.1) is 5.92 Å². The van der Waals surface area contributed by atoms with Crippen molar-refractivity contribution in [3.8, 4) is 0 Å². The van der Waals surface area contributed by atoms with Gasteiger partial charge in [0.2, 0.25) is 0 Å². The van der Waals surface area contributed by atoms with E-state index in [9.17, 15) is 19.2 Å². The predicted molar refractivity (Wildman–Crippen MR) is 82.9 cm³/mol. The molecule has 138 valence electrons. The average molecular weight is 347 g/mol. The quantitative estimate of drug-likeness (QED) is 0.318. The second-order valence-corrected chi connectivity index (χ2v) is 5.05. The van der Waals surface area contributed by atoms with Gasteiger partial charge >= 0.3 is 24.1 Å². The molecule has 0 saturated carbocycles. The molecule has 0 heterocycles. The molecule has 24 heavy (non-hydrogen) atoms. The Hall–Kier alpha value is -2.52. The highest BCUT2D eigenvalue weighted by Crippen LogP contribution is 1.95. The molecule has 0 saturated heterocycles. The van der Waals surface area contributed by atoms with Gasteiger partial charge in [-0.3, -0.25) is 9.59 Å². The third-order valence-electron chi connectivity index (χ3n) is 2.65. The minimum absolute atomic E-state index is 0.00165. The van der Waals surface area contributed by atoms with Crippen LogP contribution in [0.15, 0.2) is 0 Å². The largest absolute Gasteiger partial charge is 0.464 e. The van der Waals surface area contributed by atoms with E-state index in [4.69, 9.17) is 15.2 Å². The van der Waals surface area contributed by atoms with Crippen molar-refractivity contribution in [3.63, 3.8) is 0 Å². The van der Waals surface area contributed by atoms with Crippen molar-refractivity contribution in [3.05, 3.63) is 0 Å². The summed E-state index contributed by atoms with van der Waals surface area (Å²) in [5, 5.41) is 2.55. The molecular weight excluding hydrogens is 322 g/mol. The summed E-state index contributed by atoms with van der Waals surface area (Å²) >= 11 is 0. The van der Waals surface area contributed by atoms with Crippen LogP contribution in [0.2, 0.25) is 0 Å². The van der Waals surface area contributed by atoms with Crippen LogP contribution in [-0.4, -0.2) is 68.4 Å². The fourth-order valence-corrected chi connectivity index (χ4v) is 1.46. The van der Waals surface area contributed by atoms with E-state index in [1.807, 2.05) is 0 Å². The number of nitrogens with zero attached hydrogens (tertiary/aromatic N) is 1. The number of urea groups is 1. The standard InChI is InChI=1S/C14H25N3O7/c1-10(2)12(19)23-7-4-16-14(21)17(5-8-22-11(3)18)6-9-24-13(15)20/h10H,4-9H2,1-3H3,(H2,15,20)(H,16,21). The number of hydrogen-bond donors (Lipinski definition) is 2. The first kappa shape index (κ1) is 21.5. The number of carbonyl (C=O) groups is 4. The summed E-state index contributed by atoms with van der Waals surface area (Å²) in [6.45, 7) is 4.92. The van der Waals surface area contributed by atoms with Gasteiger partial charge in [0.15, 0.2) is 0 Å². The highest BCUT2D eigenvalue weighted by molar-refractivity contribution is 5.74. The maximum absolute atomic E-state index is 12.0. The van der Waals surface area contributed by atoms with Gasteiger partial charge in [0.25, 0.3) is 0 Å². The summed E-state index contributed by atoms with van der Waals surface area (Å²) in [4.78, 5) is 45.9. The van der Waals surface area contributed by atoms with Gasteiger partial charge in [-0.25, -0.2) is 9.59 Å². The number of esters is 2. The fraction of sp³-hybridized carbons (Fsp3) is 0.714. The van der Waals surface area contributed by atoms with Gasteiger partial charge in [0, 0.05) is 6.92 Å². The van der Waals surface area contributed by atoms with Crippen molar-refractivity contribution >= 4 is 24.1 Å². The Kier molecular flexibility index (Phi) is 10.7. The number of hydrogen-bond acceptors (Lipinski definition) is 7. The van der Waals surface area contributed by atoms with Crippen molar-refractivity contribution in [2.24, 2.45) is 11.7 Å². The number of nitrogens with two attached hydrogens (primary N) is 1. The van der Waals surface area contributed by atoms with Crippen molar-refractivity contribution in [1.29, 1.82) is 0 Å². The summed E-state index contributed by atoms with van der Waals surface area (Å²) in [7, 11) is 0. The van der Waals surface area contributed by atoms with E-state index in [1.165, 1.54) is 11.8 Å². The van der Waals surface area contributed by atoms with Gasteiger partial charge in [-0.05, 0) is 0 Å². The van der Waals surface area contributed by atoms with Crippen LogP contribution in [0.3, 0.4) is 0 Å². The minimum atomic E-state index is -0.948. The highest BCUT2D eigenvalue weighted by Gasteiger charge is 2.14. The van der Waals surface area contributed by atoms with Crippen molar-refractivity contribution in [2.45, 2.75) is 20.8 Å². The minimum Gasteiger partial charge on any atom is -0.464 e. The third-order valence-corrected chi connectivity index (χ3v) is 2.65. The van der Waals surface area contributed by atoms with Gasteiger partial charge in [0.05, 0.1) is 25.6 Å². The van der Waals surface area contributed by atoms with Crippen LogP contribution in [0.1, 0.15) is 20.8 Å². The van der Waals surface area contributed by atoms with Crippen LogP contribution in [0.4, 0.5) is 9.59 Å². The molecule has 0 fully saturated rings. The number of ether oxygens (including phenoxy) is 3. The van der Waals surface area contributed by atoms with Crippen LogP contribution in [-0.2, 0) is 23.8 Å². The zero-order valence-corrected chi connectivity index (χ0v) is 14.2. The van der Waals surface area contributed by atoms with Crippen LogP contribution < -0.4 is 11.1 Å². The lowest BCUT2D eigenvalue weighted by Crippen LogP contribution is -2.44. The average Bonchev–Trinajstić information content (AvgIpc) is 2.48. The smallest absolute Gasteiger partial charge is 0.404 e. The molecule has 0 spiro atoms. The Labute approximate surface area is 140 Å². The van der Waals surface area contributed by atoms with E-state index >= 15 is 0 Å². The molecule has 3 amide bonds. The molecule has 0 aliphatic heterocycles. The van der Waals surface area contributed by atoms with Gasteiger partial charge in [0.1, 0.15) is 19.8 Å². The molecule has 0 aromatic heterocycles. The molecule has 0 bridgehead atoms. The van der Waals surface area contributed by atoms with E-state index in [2.05, 4.69) is 10.1 Å². The molecule has 0 atom stereocenters. The van der Waals surface area contributed by atoms with E-state index in [0.717, 1.165) is 0 Å². The highest BCUT2D eigenvalue weighted by atomic mass is 16.5. The maximum atomic E-state index is 12.0. The first-order valence-electron chi connectivity index (χ1n) is 7.49. The summed E-state index contributed by atoms with van der Waals surface area (Å²) < 4.78 is 14.3. The normalized spacial score (nSPS) is 10.0. The van der Waals surface area contributed by atoms with Gasteiger partial charge in [-0.1, -0.05) is 13.8 Å².